The lowest BCUT2D eigenvalue weighted by molar-refractivity contribution is 0.506. The fourth-order valence-corrected chi connectivity index (χ4v) is 1.81. The molecule has 74 valence electrons. The maximum atomic E-state index is 4.31. The molecule has 0 fully saturated rings. The van der Waals surface area contributed by atoms with Crippen LogP contribution in [0.25, 0.3) is 0 Å². The number of imidazole rings is 1. The van der Waals surface area contributed by atoms with E-state index in [0.717, 1.165) is 11.7 Å². The van der Waals surface area contributed by atoms with Crippen molar-refractivity contribution in [3.8, 4) is 0 Å². The van der Waals surface area contributed by atoms with Gasteiger partial charge in [0.25, 0.3) is 0 Å². The van der Waals surface area contributed by atoms with Crippen LogP contribution in [0.1, 0.15) is 44.6 Å². The van der Waals surface area contributed by atoms with E-state index in [1.165, 1.54) is 12.1 Å². The molecule has 1 heterocycles. The van der Waals surface area contributed by atoms with Crippen LogP contribution < -0.4 is 0 Å². The molecular weight excluding hydrogens is 160 g/mol. The van der Waals surface area contributed by atoms with Crippen LogP contribution in [0, 0.1) is 12.8 Å². The zero-order valence-electron chi connectivity index (χ0n) is 9.33. The van der Waals surface area contributed by atoms with Crippen LogP contribution in [0.2, 0.25) is 0 Å². The molecule has 0 spiro atoms. The quantitative estimate of drug-likeness (QED) is 0.699. The molecule has 1 rings (SSSR count). The molecule has 1 aromatic heterocycles. The van der Waals surface area contributed by atoms with Crippen LogP contribution >= 0.6 is 0 Å². The summed E-state index contributed by atoms with van der Waals surface area (Å²) < 4.78 is 2.19. The highest BCUT2D eigenvalue weighted by atomic mass is 15.1. The molecule has 0 radical (unpaired) electrons. The second kappa shape index (κ2) is 3.95. The van der Waals surface area contributed by atoms with Gasteiger partial charge in [0.2, 0.25) is 0 Å². The second-order valence-corrected chi connectivity index (χ2v) is 4.32. The highest BCUT2D eigenvalue weighted by Gasteiger charge is 2.12. The molecule has 0 bridgehead atoms. The van der Waals surface area contributed by atoms with Crippen molar-refractivity contribution in [3.63, 3.8) is 0 Å². The Morgan fingerprint density at radius 1 is 1.38 bits per heavy atom. The monoisotopic (exact) mass is 180 g/mol. The number of hydrogen-bond donors (Lipinski definition) is 0. The van der Waals surface area contributed by atoms with E-state index >= 15 is 0 Å². The van der Waals surface area contributed by atoms with Gasteiger partial charge in [-0.05, 0) is 25.2 Å². The minimum absolute atomic E-state index is 0.617. The zero-order chi connectivity index (χ0) is 10.0. The standard InChI is InChI=1S/C11H20N2/c1-8(2)6-9(3)11-7-12-10(4)13(11)5/h7-9H,6H2,1-5H3. The summed E-state index contributed by atoms with van der Waals surface area (Å²) in [7, 11) is 2.09. The minimum atomic E-state index is 0.617. The van der Waals surface area contributed by atoms with Gasteiger partial charge >= 0.3 is 0 Å². The summed E-state index contributed by atoms with van der Waals surface area (Å²) in [6, 6.07) is 0. The van der Waals surface area contributed by atoms with Gasteiger partial charge in [0.1, 0.15) is 5.82 Å². The van der Waals surface area contributed by atoms with E-state index in [1.807, 2.05) is 13.1 Å². The van der Waals surface area contributed by atoms with Crippen molar-refractivity contribution in [3.05, 3.63) is 17.7 Å². The van der Waals surface area contributed by atoms with Crippen molar-refractivity contribution in [1.29, 1.82) is 0 Å². The van der Waals surface area contributed by atoms with E-state index in [1.54, 1.807) is 0 Å². The molecule has 0 N–H and O–H groups in total. The molecule has 0 saturated carbocycles. The number of aromatic nitrogens is 2. The second-order valence-electron chi connectivity index (χ2n) is 4.32. The largest absolute Gasteiger partial charge is 0.335 e. The van der Waals surface area contributed by atoms with Crippen LogP contribution in [0.5, 0.6) is 0 Å². The Bertz CT molecular complexity index is 274. The van der Waals surface area contributed by atoms with E-state index in [4.69, 9.17) is 0 Å². The Morgan fingerprint density at radius 3 is 2.38 bits per heavy atom. The molecule has 1 unspecified atom stereocenters. The topological polar surface area (TPSA) is 17.8 Å². The zero-order valence-corrected chi connectivity index (χ0v) is 9.33. The molecule has 0 aliphatic rings. The Labute approximate surface area is 81.0 Å². The molecule has 2 heteroatoms. The fourth-order valence-electron chi connectivity index (χ4n) is 1.81. The molecule has 0 aromatic carbocycles. The highest BCUT2D eigenvalue weighted by Crippen LogP contribution is 2.22. The van der Waals surface area contributed by atoms with Crippen molar-refractivity contribution >= 4 is 0 Å². The average molecular weight is 180 g/mol. The Hall–Kier alpha value is -0.790. The molecule has 13 heavy (non-hydrogen) atoms. The minimum Gasteiger partial charge on any atom is -0.335 e. The van der Waals surface area contributed by atoms with Crippen LogP contribution in [0.4, 0.5) is 0 Å². The fraction of sp³-hybridized carbons (Fsp3) is 0.727. The maximum Gasteiger partial charge on any atom is 0.105 e. The van der Waals surface area contributed by atoms with E-state index in [9.17, 15) is 0 Å². The van der Waals surface area contributed by atoms with Crippen LogP contribution in [-0.4, -0.2) is 9.55 Å². The van der Waals surface area contributed by atoms with Gasteiger partial charge < -0.3 is 4.57 Å². The predicted molar refractivity (Wildman–Crippen MR) is 55.8 cm³/mol. The van der Waals surface area contributed by atoms with Crippen LogP contribution in [0.15, 0.2) is 6.20 Å². The highest BCUT2D eigenvalue weighted by molar-refractivity contribution is 5.08. The molecule has 1 aromatic rings. The summed E-state index contributed by atoms with van der Waals surface area (Å²) in [4.78, 5) is 4.31. The Balaban J connectivity index is 2.76. The van der Waals surface area contributed by atoms with Crippen molar-refractivity contribution in [2.75, 3.05) is 0 Å². The summed E-state index contributed by atoms with van der Waals surface area (Å²) in [6.07, 6.45) is 3.24. The van der Waals surface area contributed by atoms with E-state index < -0.39 is 0 Å². The first-order valence-corrected chi connectivity index (χ1v) is 5.00. The lowest BCUT2D eigenvalue weighted by atomic mass is 9.96. The smallest absolute Gasteiger partial charge is 0.105 e. The lowest BCUT2D eigenvalue weighted by Crippen LogP contribution is -2.05. The van der Waals surface area contributed by atoms with Crippen LogP contribution in [0.3, 0.4) is 0 Å². The van der Waals surface area contributed by atoms with Crippen molar-refractivity contribution in [2.45, 2.75) is 40.0 Å². The number of hydrogen-bond acceptors (Lipinski definition) is 1. The number of aryl methyl sites for hydroxylation is 1. The molecule has 1 atom stereocenters. The summed E-state index contributed by atoms with van der Waals surface area (Å²) in [5.41, 5.74) is 1.35. The van der Waals surface area contributed by atoms with Gasteiger partial charge in [-0.3, -0.25) is 0 Å². The Kier molecular flexibility index (Phi) is 3.12. The molecule has 0 saturated heterocycles. The average Bonchev–Trinajstić information content (AvgIpc) is 2.31. The first-order chi connectivity index (χ1) is 6.02. The molecule has 2 nitrogen and oxygen atoms in total. The van der Waals surface area contributed by atoms with Gasteiger partial charge in [0.05, 0.1) is 0 Å². The van der Waals surface area contributed by atoms with Crippen molar-refractivity contribution in [1.82, 2.24) is 9.55 Å². The SMILES string of the molecule is Cc1ncc(C(C)CC(C)C)n1C. The number of nitrogens with zero attached hydrogens (tertiary/aromatic N) is 2. The maximum absolute atomic E-state index is 4.31. The van der Waals surface area contributed by atoms with E-state index in [-0.39, 0.29) is 0 Å². The Morgan fingerprint density at radius 2 is 2.00 bits per heavy atom. The third-order valence-electron chi connectivity index (χ3n) is 2.59. The van der Waals surface area contributed by atoms with Gasteiger partial charge in [-0.25, -0.2) is 4.98 Å². The van der Waals surface area contributed by atoms with Crippen LogP contribution in [-0.2, 0) is 7.05 Å². The normalized spacial score (nSPS) is 13.7. The molecule has 0 aliphatic carbocycles. The summed E-state index contributed by atoms with van der Waals surface area (Å²) in [5.74, 6) is 2.47. The van der Waals surface area contributed by atoms with Gasteiger partial charge in [-0.15, -0.1) is 0 Å². The first-order valence-electron chi connectivity index (χ1n) is 5.00. The molecule has 0 amide bonds. The van der Waals surface area contributed by atoms with E-state index in [0.29, 0.717) is 5.92 Å². The van der Waals surface area contributed by atoms with Gasteiger partial charge in [0.15, 0.2) is 0 Å². The molecule has 0 aliphatic heterocycles. The summed E-state index contributed by atoms with van der Waals surface area (Å²) in [6.45, 7) is 8.85. The third kappa shape index (κ3) is 2.33. The summed E-state index contributed by atoms with van der Waals surface area (Å²) in [5, 5.41) is 0. The van der Waals surface area contributed by atoms with Gasteiger partial charge in [0, 0.05) is 18.9 Å². The van der Waals surface area contributed by atoms with Gasteiger partial charge in [-0.1, -0.05) is 20.8 Å². The predicted octanol–water partition coefficient (Wildman–Crippen LogP) is 2.88. The van der Waals surface area contributed by atoms with Gasteiger partial charge in [-0.2, -0.15) is 0 Å². The van der Waals surface area contributed by atoms with Crippen molar-refractivity contribution in [2.24, 2.45) is 13.0 Å². The van der Waals surface area contributed by atoms with Crippen molar-refractivity contribution < 1.29 is 0 Å². The first kappa shape index (κ1) is 10.3. The number of rotatable bonds is 3. The lowest BCUT2D eigenvalue weighted by Gasteiger charge is -2.14. The van der Waals surface area contributed by atoms with E-state index in [2.05, 4.69) is 37.4 Å². The molecular formula is C11H20N2. The third-order valence-corrected chi connectivity index (χ3v) is 2.59. The summed E-state index contributed by atoms with van der Waals surface area (Å²) >= 11 is 0.